The van der Waals surface area contributed by atoms with Crippen LogP contribution in [0.4, 0.5) is 0 Å². The van der Waals surface area contributed by atoms with Gasteiger partial charge in [0.25, 0.3) is 0 Å². The predicted octanol–water partition coefficient (Wildman–Crippen LogP) is 3.61. The van der Waals surface area contributed by atoms with Crippen molar-refractivity contribution in [3.8, 4) is 5.75 Å². The minimum absolute atomic E-state index is 0. The molecular weight excluding hydrogens is 246 g/mol. The van der Waals surface area contributed by atoms with E-state index in [0.717, 1.165) is 12.2 Å². The second-order valence-electron chi connectivity index (χ2n) is 5.92. The van der Waals surface area contributed by atoms with Gasteiger partial charge in [-0.3, -0.25) is 0 Å². The molecule has 0 spiro atoms. The Labute approximate surface area is 117 Å². The summed E-state index contributed by atoms with van der Waals surface area (Å²) in [5.41, 5.74) is 9.71. The largest absolute Gasteiger partial charge is 0.496 e. The molecule has 0 heterocycles. The van der Waals surface area contributed by atoms with Crippen LogP contribution in [0, 0.1) is 6.92 Å². The van der Waals surface area contributed by atoms with Gasteiger partial charge in [0.1, 0.15) is 5.75 Å². The normalized spacial score (nSPS) is 12.8. The Balaban J connectivity index is 0.00000289. The van der Waals surface area contributed by atoms with Crippen LogP contribution in [0.1, 0.15) is 44.4 Å². The van der Waals surface area contributed by atoms with E-state index in [-0.39, 0.29) is 23.9 Å². The minimum Gasteiger partial charge on any atom is -0.496 e. The van der Waals surface area contributed by atoms with Gasteiger partial charge in [0.15, 0.2) is 0 Å². The highest BCUT2D eigenvalue weighted by molar-refractivity contribution is 5.85. The van der Waals surface area contributed by atoms with Crippen LogP contribution in [-0.4, -0.2) is 13.2 Å². The third kappa shape index (κ3) is 4.18. The van der Waals surface area contributed by atoms with Gasteiger partial charge < -0.3 is 10.5 Å². The first kappa shape index (κ1) is 17.3. The number of hydrogen-bond donors (Lipinski definition) is 1. The number of benzene rings is 1. The maximum Gasteiger partial charge on any atom is 0.125 e. The van der Waals surface area contributed by atoms with Crippen molar-refractivity contribution in [3.63, 3.8) is 0 Å². The number of aryl methyl sites for hydroxylation is 1. The van der Waals surface area contributed by atoms with E-state index in [2.05, 4.69) is 39.8 Å². The molecule has 3 heteroatoms. The van der Waals surface area contributed by atoms with Crippen LogP contribution in [0.3, 0.4) is 0 Å². The molecule has 104 valence electrons. The molecule has 0 amide bonds. The molecule has 0 aliphatic heterocycles. The van der Waals surface area contributed by atoms with Crippen molar-refractivity contribution in [2.75, 3.05) is 7.11 Å². The van der Waals surface area contributed by atoms with Crippen molar-refractivity contribution in [3.05, 3.63) is 28.8 Å². The van der Waals surface area contributed by atoms with E-state index in [4.69, 9.17) is 10.5 Å². The maximum atomic E-state index is 5.87. The SMILES string of the molecule is COc1c(C)cc(CC(C)N)cc1C(C)(C)C.Cl. The molecule has 0 aliphatic carbocycles. The first-order valence-electron chi connectivity index (χ1n) is 6.19. The molecule has 0 fully saturated rings. The van der Waals surface area contributed by atoms with Gasteiger partial charge >= 0.3 is 0 Å². The molecule has 2 nitrogen and oxygen atoms in total. The van der Waals surface area contributed by atoms with E-state index in [1.54, 1.807) is 7.11 Å². The second-order valence-corrected chi connectivity index (χ2v) is 5.92. The first-order valence-corrected chi connectivity index (χ1v) is 6.19. The number of ether oxygens (including phenoxy) is 1. The summed E-state index contributed by atoms with van der Waals surface area (Å²) in [6.07, 6.45) is 0.911. The number of nitrogens with two attached hydrogens (primary N) is 1. The van der Waals surface area contributed by atoms with Gasteiger partial charge in [-0.2, -0.15) is 0 Å². The molecular formula is C15H26ClNO. The van der Waals surface area contributed by atoms with E-state index < -0.39 is 0 Å². The lowest BCUT2D eigenvalue weighted by Gasteiger charge is -2.25. The van der Waals surface area contributed by atoms with Crippen LogP contribution < -0.4 is 10.5 Å². The predicted molar refractivity (Wildman–Crippen MR) is 81.0 cm³/mol. The molecule has 0 aliphatic rings. The smallest absolute Gasteiger partial charge is 0.125 e. The van der Waals surface area contributed by atoms with Gasteiger partial charge in [0, 0.05) is 11.6 Å². The highest BCUT2D eigenvalue weighted by Crippen LogP contribution is 2.35. The third-order valence-electron chi connectivity index (χ3n) is 2.90. The lowest BCUT2D eigenvalue weighted by atomic mass is 9.83. The Morgan fingerprint density at radius 3 is 2.22 bits per heavy atom. The van der Waals surface area contributed by atoms with Crippen molar-refractivity contribution in [2.24, 2.45) is 5.73 Å². The highest BCUT2D eigenvalue weighted by atomic mass is 35.5. The van der Waals surface area contributed by atoms with E-state index >= 15 is 0 Å². The number of halogens is 1. The summed E-state index contributed by atoms with van der Waals surface area (Å²) >= 11 is 0. The average Bonchev–Trinajstić information content (AvgIpc) is 2.14. The minimum atomic E-state index is 0. The Hall–Kier alpha value is -0.730. The third-order valence-corrected chi connectivity index (χ3v) is 2.90. The van der Waals surface area contributed by atoms with E-state index in [9.17, 15) is 0 Å². The fourth-order valence-corrected chi connectivity index (χ4v) is 2.17. The quantitative estimate of drug-likeness (QED) is 0.911. The Kier molecular flexibility index (Phi) is 6.18. The molecule has 1 atom stereocenters. The zero-order chi connectivity index (χ0) is 13.2. The lowest BCUT2D eigenvalue weighted by molar-refractivity contribution is 0.394. The number of methoxy groups -OCH3 is 1. The molecule has 1 unspecified atom stereocenters. The van der Waals surface area contributed by atoms with Crippen molar-refractivity contribution in [2.45, 2.75) is 52.5 Å². The van der Waals surface area contributed by atoms with Crippen LogP contribution >= 0.6 is 12.4 Å². The van der Waals surface area contributed by atoms with Gasteiger partial charge in [-0.15, -0.1) is 12.4 Å². The maximum absolute atomic E-state index is 5.87. The van der Waals surface area contributed by atoms with E-state index in [1.165, 1.54) is 16.7 Å². The summed E-state index contributed by atoms with van der Waals surface area (Å²) in [5.74, 6) is 1.01. The Morgan fingerprint density at radius 2 is 1.83 bits per heavy atom. The molecule has 0 aromatic heterocycles. The summed E-state index contributed by atoms with van der Waals surface area (Å²) < 4.78 is 5.53. The lowest BCUT2D eigenvalue weighted by Crippen LogP contribution is -2.19. The molecule has 18 heavy (non-hydrogen) atoms. The van der Waals surface area contributed by atoms with Gasteiger partial charge in [-0.1, -0.05) is 32.9 Å². The van der Waals surface area contributed by atoms with Crippen LogP contribution in [0.5, 0.6) is 5.75 Å². The summed E-state index contributed by atoms with van der Waals surface area (Å²) in [4.78, 5) is 0. The van der Waals surface area contributed by atoms with Crippen LogP contribution in [0.25, 0.3) is 0 Å². The van der Waals surface area contributed by atoms with E-state index in [0.29, 0.717) is 0 Å². The summed E-state index contributed by atoms with van der Waals surface area (Å²) in [5, 5.41) is 0. The van der Waals surface area contributed by atoms with E-state index in [1.807, 2.05) is 6.92 Å². The number of rotatable bonds is 3. The molecule has 0 saturated carbocycles. The standard InChI is InChI=1S/C15H25NO.ClH/c1-10-7-12(8-11(2)16)9-13(14(10)17-6)15(3,4)5;/h7,9,11H,8,16H2,1-6H3;1H. The van der Waals surface area contributed by atoms with Gasteiger partial charge in [0.2, 0.25) is 0 Å². The van der Waals surface area contributed by atoms with Crippen molar-refractivity contribution in [1.82, 2.24) is 0 Å². The van der Waals surface area contributed by atoms with Crippen molar-refractivity contribution >= 4 is 12.4 Å². The summed E-state index contributed by atoms with van der Waals surface area (Å²) in [6.45, 7) is 10.8. The second kappa shape index (κ2) is 6.44. The molecule has 0 saturated heterocycles. The van der Waals surface area contributed by atoms with Crippen molar-refractivity contribution in [1.29, 1.82) is 0 Å². The monoisotopic (exact) mass is 271 g/mol. The van der Waals surface area contributed by atoms with Crippen LogP contribution in [0.2, 0.25) is 0 Å². The van der Waals surface area contributed by atoms with Gasteiger partial charge in [-0.25, -0.2) is 0 Å². The molecule has 0 radical (unpaired) electrons. The zero-order valence-electron chi connectivity index (χ0n) is 12.3. The summed E-state index contributed by atoms with van der Waals surface area (Å²) in [6, 6.07) is 4.60. The Morgan fingerprint density at radius 1 is 1.28 bits per heavy atom. The highest BCUT2D eigenvalue weighted by Gasteiger charge is 2.21. The average molecular weight is 272 g/mol. The van der Waals surface area contributed by atoms with Crippen LogP contribution in [-0.2, 0) is 11.8 Å². The first-order chi connectivity index (χ1) is 7.75. The molecule has 1 rings (SSSR count). The van der Waals surface area contributed by atoms with Crippen LogP contribution in [0.15, 0.2) is 12.1 Å². The zero-order valence-corrected chi connectivity index (χ0v) is 13.1. The molecule has 1 aromatic carbocycles. The van der Waals surface area contributed by atoms with Crippen molar-refractivity contribution < 1.29 is 4.74 Å². The van der Waals surface area contributed by atoms with Gasteiger partial charge in [0.05, 0.1) is 7.11 Å². The topological polar surface area (TPSA) is 35.2 Å². The molecule has 2 N–H and O–H groups in total. The fourth-order valence-electron chi connectivity index (χ4n) is 2.17. The molecule has 1 aromatic rings. The molecule has 0 bridgehead atoms. The Bertz CT molecular complexity index is 394. The fraction of sp³-hybridized carbons (Fsp3) is 0.600. The summed E-state index contributed by atoms with van der Waals surface area (Å²) in [7, 11) is 1.74. The number of hydrogen-bond acceptors (Lipinski definition) is 2. The van der Waals surface area contributed by atoms with Gasteiger partial charge in [-0.05, 0) is 36.8 Å².